The number of nitrogens with zero attached hydrogens (tertiary/aromatic N) is 2. The van der Waals surface area contributed by atoms with Crippen LogP contribution < -0.4 is 0 Å². The first kappa shape index (κ1) is 27.3. The molecule has 0 atom stereocenters. The van der Waals surface area contributed by atoms with Crippen molar-refractivity contribution in [1.29, 1.82) is 0 Å². The molecule has 0 fully saturated rings. The van der Waals surface area contributed by atoms with Gasteiger partial charge in [-0.2, -0.15) is 0 Å². The highest BCUT2D eigenvalue weighted by Gasteiger charge is 2.21. The van der Waals surface area contributed by atoms with Gasteiger partial charge in [0.1, 0.15) is 0 Å². The molecule has 0 aliphatic rings. The molecule has 2 aromatic heterocycles. The molecule has 0 bridgehead atoms. The predicted molar refractivity (Wildman–Crippen MR) is 213 cm³/mol. The molecule has 0 saturated carbocycles. The first-order valence-corrected chi connectivity index (χ1v) is 17.3. The summed E-state index contributed by atoms with van der Waals surface area (Å²) in [6, 6.07) is 66.6. The second kappa shape index (κ2) is 10.4. The molecule has 50 heavy (non-hydrogen) atoms. The molecule has 0 aliphatic carbocycles. The third-order valence-electron chi connectivity index (χ3n) is 10.7. The summed E-state index contributed by atoms with van der Waals surface area (Å²) in [5.41, 5.74) is 9.66. The Labute approximate surface area is 288 Å². The van der Waals surface area contributed by atoms with Crippen molar-refractivity contribution in [1.82, 2.24) is 9.13 Å². The molecule has 2 heteroatoms. The fourth-order valence-electron chi connectivity index (χ4n) is 8.62. The van der Waals surface area contributed by atoms with Crippen molar-refractivity contribution in [3.8, 4) is 22.5 Å². The lowest BCUT2D eigenvalue weighted by atomic mass is 9.89. The average molecular weight is 635 g/mol. The summed E-state index contributed by atoms with van der Waals surface area (Å²) in [6.45, 7) is 0. The second-order valence-electron chi connectivity index (χ2n) is 13.3. The SMILES string of the molecule is c1ccc(-n2c3ccccc3c3ccc4c(c5ccccc5n4-c4ccc(-c5cccc6c7ccccc7c7ccccc7c56)cc4)c32)cc1. The highest BCUT2D eigenvalue weighted by Crippen LogP contribution is 2.43. The molecule has 0 N–H and O–H groups in total. The molecule has 11 aromatic rings. The maximum Gasteiger partial charge on any atom is 0.0641 e. The van der Waals surface area contributed by atoms with Crippen LogP contribution in [0.1, 0.15) is 0 Å². The van der Waals surface area contributed by atoms with E-state index in [1.807, 2.05) is 0 Å². The van der Waals surface area contributed by atoms with Crippen LogP contribution in [0.4, 0.5) is 0 Å². The summed E-state index contributed by atoms with van der Waals surface area (Å²) < 4.78 is 4.88. The molecule has 9 aromatic carbocycles. The maximum absolute atomic E-state index is 2.45. The normalized spacial score (nSPS) is 12.0. The maximum atomic E-state index is 2.45. The van der Waals surface area contributed by atoms with Crippen molar-refractivity contribution < 1.29 is 0 Å². The summed E-state index contributed by atoms with van der Waals surface area (Å²) in [5, 5.41) is 12.8. The average Bonchev–Trinajstić information content (AvgIpc) is 3.71. The number of hydrogen-bond donors (Lipinski definition) is 0. The smallest absolute Gasteiger partial charge is 0.0641 e. The molecule has 0 aliphatic heterocycles. The summed E-state index contributed by atoms with van der Waals surface area (Å²) in [5.74, 6) is 0. The van der Waals surface area contributed by atoms with Crippen molar-refractivity contribution in [2.45, 2.75) is 0 Å². The summed E-state index contributed by atoms with van der Waals surface area (Å²) in [7, 11) is 0. The third-order valence-corrected chi connectivity index (χ3v) is 10.7. The van der Waals surface area contributed by atoms with E-state index in [1.165, 1.54) is 92.7 Å². The molecule has 0 unspecified atom stereocenters. The van der Waals surface area contributed by atoms with Gasteiger partial charge >= 0.3 is 0 Å². The number of para-hydroxylation sites is 3. The van der Waals surface area contributed by atoms with Gasteiger partial charge in [-0.3, -0.25) is 0 Å². The largest absolute Gasteiger partial charge is 0.309 e. The molecule has 0 saturated heterocycles. The molecular weight excluding hydrogens is 605 g/mol. The van der Waals surface area contributed by atoms with Crippen LogP contribution in [0.3, 0.4) is 0 Å². The van der Waals surface area contributed by atoms with E-state index in [4.69, 9.17) is 0 Å². The predicted octanol–water partition coefficient (Wildman–Crippen LogP) is 13.0. The molecule has 0 spiro atoms. The van der Waals surface area contributed by atoms with E-state index in [2.05, 4.69) is 191 Å². The number of aromatic nitrogens is 2. The van der Waals surface area contributed by atoms with Crippen LogP contribution in [-0.2, 0) is 0 Å². The Morgan fingerprint density at radius 1 is 0.260 bits per heavy atom. The van der Waals surface area contributed by atoms with Gasteiger partial charge in [0.2, 0.25) is 0 Å². The van der Waals surface area contributed by atoms with E-state index in [1.54, 1.807) is 0 Å². The molecular formula is C48H30N2. The Hall–Kier alpha value is -6.64. The van der Waals surface area contributed by atoms with Gasteiger partial charge in [0.15, 0.2) is 0 Å². The van der Waals surface area contributed by atoms with E-state index < -0.39 is 0 Å². The van der Waals surface area contributed by atoms with Crippen LogP contribution in [0, 0.1) is 0 Å². The zero-order valence-electron chi connectivity index (χ0n) is 27.2. The van der Waals surface area contributed by atoms with Crippen LogP contribution in [0.5, 0.6) is 0 Å². The quantitative estimate of drug-likeness (QED) is 0.171. The Balaban J connectivity index is 1.17. The molecule has 2 nitrogen and oxygen atoms in total. The monoisotopic (exact) mass is 634 g/mol. The van der Waals surface area contributed by atoms with E-state index in [0.29, 0.717) is 0 Å². The van der Waals surface area contributed by atoms with Crippen molar-refractivity contribution >= 4 is 75.9 Å². The number of rotatable bonds is 3. The third kappa shape index (κ3) is 3.73. The van der Waals surface area contributed by atoms with Gasteiger partial charge in [-0.1, -0.05) is 140 Å². The van der Waals surface area contributed by atoms with Gasteiger partial charge in [0, 0.05) is 32.9 Å². The van der Waals surface area contributed by atoms with Crippen LogP contribution in [-0.4, -0.2) is 9.13 Å². The topological polar surface area (TPSA) is 9.86 Å². The first-order chi connectivity index (χ1) is 24.8. The van der Waals surface area contributed by atoms with E-state index in [0.717, 1.165) is 5.69 Å². The minimum Gasteiger partial charge on any atom is -0.309 e. The zero-order chi connectivity index (χ0) is 32.8. The fraction of sp³-hybridized carbons (Fsp3) is 0. The molecule has 232 valence electrons. The van der Waals surface area contributed by atoms with E-state index in [9.17, 15) is 0 Å². The second-order valence-corrected chi connectivity index (χ2v) is 13.3. The van der Waals surface area contributed by atoms with E-state index in [-0.39, 0.29) is 0 Å². The van der Waals surface area contributed by atoms with Crippen LogP contribution in [0.15, 0.2) is 182 Å². The minimum atomic E-state index is 1.15. The highest BCUT2D eigenvalue weighted by molar-refractivity contribution is 6.29. The van der Waals surface area contributed by atoms with Crippen LogP contribution in [0.25, 0.3) is 98.4 Å². The minimum absolute atomic E-state index is 1.15. The lowest BCUT2D eigenvalue weighted by Crippen LogP contribution is -1.95. The molecule has 0 amide bonds. The van der Waals surface area contributed by atoms with Gasteiger partial charge in [-0.25, -0.2) is 0 Å². The van der Waals surface area contributed by atoms with Crippen LogP contribution in [0.2, 0.25) is 0 Å². The first-order valence-electron chi connectivity index (χ1n) is 17.3. The van der Waals surface area contributed by atoms with Gasteiger partial charge in [-0.05, 0) is 85.9 Å². The van der Waals surface area contributed by atoms with Crippen molar-refractivity contribution in [2.24, 2.45) is 0 Å². The lowest BCUT2D eigenvalue weighted by Gasteiger charge is -2.15. The zero-order valence-corrected chi connectivity index (χ0v) is 27.2. The summed E-state index contributed by atoms with van der Waals surface area (Å²) in [4.78, 5) is 0. The Morgan fingerprint density at radius 3 is 1.48 bits per heavy atom. The fourth-order valence-corrected chi connectivity index (χ4v) is 8.62. The standard InChI is InChI=1S/C48H30N2/c1-2-13-32(14-3-1)50-43-23-10-8-18-38(43)41-29-30-45-47(48(41)50)42-20-9-11-24-44(42)49(45)33-27-25-31(26-28-33)34-21-12-22-40-37-16-5-4-15-35(37)36-17-6-7-19-39(36)46(34)40/h1-30H. The summed E-state index contributed by atoms with van der Waals surface area (Å²) in [6.07, 6.45) is 0. The van der Waals surface area contributed by atoms with Gasteiger partial charge in [-0.15, -0.1) is 0 Å². The summed E-state index contributed by atoms with van der Waals surface area (Å²) >= 11 is 0. The van der Waals surface area contributed by atoms with Gasteiger partial charge in [0.25, 0.3) is 0 Å². The van der Waals surface area contributed by atoms with Gasteiger partial charge < -0.3 is 9.13 Å². The van der Waals surface area contributed by atoms with Gasteiger partial charge in [0.05, 0.1) is 22.1 Å². The van der Waals surface area contributed by atoms with Crippen LogP contribution >= 0.6 is 0 Å². The Kier molecular flexibility index (Phi) is 5.70. The highest BCUT2D eigenvalue weighted by atomic mass is 15.0. The van der Waals surface area contributed by atoms with Crippen molar-refractivity contribution in [3.63, 3.8) is 0 Å². The molecule has 2 heterocycles. The molecule has 0 radical (unpaired) electrons. The molecule has 11 rings (SSSR count). The number of hydrogen-bond acceptors (Lipinski definition) is 0. The van der Waals surface area contributed by atoms with E-state index >= 15 is 0 Å². The van der Waals surface area contributed by atoms with Crippen molar-refractivity contribution in [3.05, 3.63) is 182 Å². The lowest BCUT2D eigenvalue weighted by molar-refractivity contribution is 1.17. The Bertz CT molecular complexity index is 3080. The van der Waals surface area contributed by atoms with Crippen molar-refractivity contribution in [2.75, 3.05) is 0 Å². The number of fused-ring (bicyclic) bond motifs is 13. The number of benzene rings is 9. The Morgan fingerprint density at radius 2 is 0.780 bits per heavy atom.